The van der Waals surface area contributed by atoms with E-state index in [1.807, 2.05) is 18.3 Å². The van der Waals surface area contributed by atoms with Gasteiger partial charge in [-0.25, -0.2) is 4.98 Å². The van der Waals surface area contributed by atoms with Crippen molar-refractivity contribution in [2.45, 2.75) is 13.5 Å². The molecule has 0 saturated heterocycles. The van der Waals surface area contributed by atoms with Gasteiger partial charge in [-0.1, -0.05) is 18.2 Å². The topological polar surface area (TPSA) is 51.3 Å². The van der Waals surface area contributed by atoms with E-state index >= 15 is 0 Å². The smallest absolute Gasteiger partial charge is 0.291 e. The minimum atomic E-state index is -0.138. The minimum Gasteiger partial charge on any atom is -0.438 e. The van der Waals surface area contributed by atoms with Crippen LogP contribution in [0.25, 0.3) is 10.9 Å². The minimum absolute atomic E-state index is 0.138. The molecule has 21 heavy (non-hydrogen) atoms. The number of carbonyl (C=O) groups is 1. The van der Waals surface area contributed by atoms with Crippen LogP contribution in [-0.4, -0.2) is 34.0 Å². The summed E-state index contributed by atoms with van der Waals surface area (Å²) in [6, 6.07) is 10.3. The van der Waals surface area contributed by atoms with Crippen molar-refractivity contribution < 1.29 is 9.21 Å². The van der Waals surface area contributed by atoms with Crippen LogP contribution in [0, 0.1) is 6.92 Å². The first-order valence-corrected chi connectivity index (χ1v) is 6.86. The Balaban J connectivity index is 1.70. The lowest BCUT2D eigenvalue weighted by Crippen LogP contribution is -2.30. The van der Waals surface area contributed by atoms with Gasteiger partial charge in [-0.2, -0.15) is 0 Å². The summed E-state index contributed by atoms with van der Waals surface area (Å²) >= 11 is 0. The quantitative estimate of drug-likeness (QED) is 0.739. The number of carbonyl (C=O) groups excluding carboxylic acids is 1. The molecule has 3 aromatic rings. The second-order valence-electron chi connectivity index (χ2n) is 5.06. The number of likely N-dealkylation sites (N-methyl/N-ethyl adjacent to an activating group) is 1. The number of nitrogens with zero attached hydrogens (tertiary/aromatic N) is 3. The number of rotatable bonds is 4. The summed E-state index contributed by atoms with van der Waals surface area (Å²) in [6.07, 6.45) is 3.35. The monoisotopic (exact) mass is 283 g/mol. The van der Waals surface area contributed by atoms with E-state index in [4.69, 9.17) is 4.42 Å². The van der Waals surface area contributed by atoms with E-state index in [1.54, 1.807) is 18.9 Å². The first-order valence-electron chi connectivity index (χ1n) is 6.86. The molecule has 0 fully saturated rings. The van der Waals surface area contributed by atoms with Crippen LogP contribution in [0.15, 0.2) is 47.3 Å². The van der Waals surface area contributed by atoms with E-state index in [2.05, 4.69) is 27.8 Å². The normalized spacial score (nSPS) is 11.0. The summed E-state index contributed by atoms with van der Waals surface area (Å²) in [5.41, 5.74) is 1.80. The fraction of sp³-hybridized carbons (Fsp3) is 0.250. The molecule has 0 radical (unpaired) electrons. The Bertz CT molecular complexity index is 773. The molecule has 0 saturated carbocycles. The van der Waals surface area contributed by atoms with Crippen LogP contribution in [0.4, 0.5) is 0 Å². The molecule has 0 aliphatic heterocycles. The number of aromatic nitrogens is 2. The van der Waals surface area contributed by atoms with Gasteiger partial charge in [-0.3, -0.25) is 4.79 Å². The summed E-state index contributed by atoms with van der Waals surface area (Å²) in [6.45, 7) is 3.12. The molecule has 0 bridgehead atoms. The van der Waals surface area contributed by atoms with Crippen LogP contribution in [0.3, 0.4) is 0 Å². The first kappa shape index (κ1) is 13.4. The van der Waals surface area contributed by atoms with Crippen LogP contribution in [0.1, 0.15) is 16.2 Å². The van der Waals surface area contributed by atoms with E-state index < -0.39 is 0 Å². The Morgan fingerprint density at radius 2 is 2.14 bits per heavy atom. The van der Waals surface area contributed by atoms with Crippen LogP contribution in [0.2, 0.25) is 0 Å². The number of amides is 1. The molecule has 0 unspecified atom stereocenters. The van der Waals surface area contributed by atoms with Gasteiger partial charge >= 0.3 is 0 Å². The summed E-state index contributed by atoms with van der Waals surface area (Å²) < 4.78 is 7.29. The average Bonchev–Trinajstić information content (AvgIpc) is 3.10. The summed E-state index contributed by atoms with van der Waals surface area (Å²) in [5, 5.41) is 1.21. The number of oxazole rings is 1. The molecule has 2 aromatic heterocycles. The van der Waals surface area contributed by atoms with Gasteiger partial charge in [0, 0.05) is 31.9 Å². The third-order valence-electron chi connectivity index (χ3n) is 3.64. The zero-order chi connectivity index (χ0) is 14.8. The standard InChI is InChI=1S/C16H17N3O2/c1-12-15(21-11-17-12)16(20)18(2)9-10-19-8-7-13-5-3-4-6-14(13)19/h3-8,11H,9-10H2,1-2H3. The zero-order valence-corrected chi connectivity index (χ0v) is 12.1. The summed E-state index contributed by atoms with van der Waals surface area (Å²) in [4.78, 5) is 17.8. The molecule has 1 aromatic carbocycles. The predicted octanol–water partition coefficient (Wildman–Crippen LogP) is 2.71. The molecule has 0 aliphatic rings. The van der Waals surface area contributed by atoms with Gasteiger partial charge in [0.1, 0.15) is 0 Å². The maximum absolute atomic E-state index is 12.2. The highest BCUT2D eigenvalue weighted by molar-refractivity contribution is 5.92. The Kier molecular flexibility index (Phi) is 3.48. The van der Waals surface area contributed by atoms with Crippen molar-refractivity contribution in [2.24, 2.45) is 0 Å². The molecule has 1 amide bonds. The van der Waals surface area contributed by atoms with Crippen molar-refractivity contribution in [3.63, 3.8) is 0 Å². The maximum atomic E-state index is 12.2. The van der Waals surface area contributed by atoms with Crippen molar-refractivity contribution in [3.8, 4) is 0 Å². The second kappa shape index (κ2) is 5.44. The highest BCUT2D eigenvalue weighted by Crippen LogP contribution is 2.15. The zero-order valence-electron chi connectivity index (χ0n) is 12.1. The predicted molar refractivity (Wildman–Crippen MR) is 80.1 cm³/mol. The lowest BCUT2D eigenvalue weighted by atomic mass is 10.2. The third kappa shape index (κ3) is 2.54. The Labute approximate surface area is 122 Å². The van der Waals surface area contributed by atoms with Gasteiger partial charge in [0.25, 0.3) is 5.91 Å². The second-order valence-corrected chi connectivity index (χ2v) is 5.06. The van der Waals surface area contributed by atoms with Gasteiger partial charge in [0.15, 0.2) is 6.39 Å². The maximum Gasteiger partial charge on any atom is 0.291 e. The van der Waals surface area contributed by atoms with Crippen LogP contribution >= 0.6 is 0 Å². The van der Waals surface area contributed by atoms with Crippen LogP contribution in [-0.2, 0) is 6.54 Å². The fourth-order valence-corrected chi connectivity index (χ4v) is 2.38. The molecule has 5 nitrogen and oxygen atoms in total. The highest BCUT2D eigenvalue weighted by atomic mass is 16.3. The van der Waals surface area contributed by atoms with Crippen molar-refractivity contribution >= 4 is 16.8 Å². The summed E-state index contributed by atoms with van der Waals surface area (Å²) in [5.74, 6) is 0.177. The molecular formula is C16H17N3O2. The van der Waals surface area contributed by atoms with Crippen LogP contribution in [0.5, 0.6) is 0 Å². The van der Waals surface area contributed by atoms with Crippen LogP contribution < -0.4 is 0 Å². The Hall–Kier alpha value is -2.56. The van der Waals surface area contributed by atoms with Gasteiger partial charge in [-0.15, -0.1) is 0 Å². The molecule has 108 valence electrons. The molecule has 0 aliphatic carbocycles. The number of hydrogen-bond donors (Lipinski definition) is 0. The number of aryl methyl sites for hydroxylation is 1. The number of benzene rings is 1. The molecule has 0 spiro atoms. The lowest BCUT2D eigenvalue weighted by molar-refractivity contribution is 0.0758. The third-order valence-corrected chi connectivity index (χ3v) is 3.64. The van der Waals surface area contributed by atoms with Crippen molar-refractivity contribution in [3.05, 3.63) is 54.4 Å². The average molecular weight is 283 g/mol. The number of para-hydroxylation sites is 1. The number of fused-ring (bicyclic) bond motifs is 1. The lowest BCUT2D eigenvalue weighted by Gasteiger charge is -2.16. The van der Waals surface area contributed by atoms with Gasteiger partial charge in [0.05, 0.1) is 5.69 Å². The van der Waals surface area contributed by atoms with E-state index in [-0.39, 0.29) is 5.91 Å². The molecule has 0 N–H and O–H groups in total. The first-order chi connectivity index (χ1) is 10.2. The number of hydrogen-bond acceptors (Lipinski definition) is 3. The van der Waals surface area contributed by atoms with Gasteiger partial charge in [-0.05, 0) is 24.4 Å². The molecular weight excluding hydrogens is 266 g/mol. The van der Waals surface area contributed by atoms with E-state index in [1.165, 1.54) is 17.3 Å². The van der Waals surface area contributed by atoms with E-state index in [0.29, 0.717) is 18.0 Å². The fourth-order valence-electron chi connectivity index (χ4n) is 2.38. The van der Waals surface area contributed by atoms with Crippen molar-refractivity contribution in [1.29, 1.82) is 0 Å². The van der Waals surface area contributed by atoms with E-state index in [9.17, 15) is 4.79 Å². The SMILES string of the molecule is Cc1ncoc1C(=O)N(C)CCn1ccc2ccccc21. The van der Waals surface area contributed by atoms with Crippen molar-refractivity contribution in [2.75, 3.05) is 13.6 Å². The molecule has 2 heterocycles. The molecule has 3 rings (SSSR count). The Morgan fingerprint density at radius 1 is 1.33 bits per heavy atom. The largest absolute Gasteiger partial charge is 0.438 e. The Morgan fingerprint density at radius 3 is 2.90 bits per heavy atom. The van der Waals surface area contributed by atoms with Crippen molar-refractivity contribution in [1.82, 2.24) is 14.5 Å². The van der Waals surface area contributed by atoms with Gasteiger partial charge < -0.3 is 13.9 Å². The summed E-state index contributed by atoms with van der Waals surface area (Å²) in [7, 11) is 1.77. The van der Waals surface area contributed by atoms with Gasteiger partial charge in [0.2, 0.25) is 5.76 Å². The van der Waals surface area contributed by atoms with E-state index in [0.717, 1.165) is 6.54 Å². The molecule has 5 heteroatoms. The highest BCUT2D eigenvalue weighted by Gasteiger charge is 2.18. The molecule has 0 atom stereocenters.